The van der Waals surface area contributed by atoms with Crippen molar-refractivity contribution in [2.45, 2.75) is 43.7 Å². The predicted octanol–water partition coefficient (Wildman–Crippen LogP) is 4.88. The van der Waals surface area contributed by atoms with Gasteiger partial charge in [-0.2, -0.15) is 0 Å². The molecule has 0 radical (unpaired) electrons. The molecule has 2 heterocycles. The average Bonchev–Trinajstić information content (AvgIpc) is 2.68. The Morgan fingerprint density at radius 1 is 1.47 bits per heavy atom. The van der Waals surface area contributed by atoms with Crippen LogP contribution in [0.2, 0.25) is 0 Å². The molecule has 1 aromatic rings. The first-order chi connectivity index (χ1) is 9.13. The Kier molecular flexibility index (Phi) is 4.40. The maximum Gasteiger partial charge on any atom is 0.0758 e. The fourth-order valence-corrected chi connectivity index (χ4v) is 6.41. The molecule has 19 heavy (non-hydrogen) atoms. The van der Waals surface area contributed by atoms with Crippen molar-refractivity contribution < 1.29 is 4.74 Å². The van der Waals surface area contributed by atoms with Crippen molar-refractivity contribution in [3.8, 4) is 0 Å². The van der Waals surface area contributed by atoms with Gasteiger partial charge in [0.25, 0.3) is 0 Å². The summed E-state index contributed by atoms with van der Waals surface area (Å²) >= 11 is 9.05. The summed E-state index contributed by atoms with van der Waals surface area (Å²) in [6.45, 7) is 0.922. The third-order valence-corrected chi connectivity index (χ3v) is 6.98. The standard InChI is InChI=1S/C14H19Br2NOS/c1-17-12(10-7-11(15)19-13(10)16)9-3-6-18-14(8-9)4-2-5-14/h7,9,12,17H,2-6,8H2,1H3. The van der Waals surface area contributed by atoms with Crippen LogP contribution in [-0.4, -0.2) is 19.3 Å². The lowest BCUT2D eigenvalue weighted by Gasteiger charge is -2.48. The van der Waals surface area contributed by atoms with Crippen molar-refractivity contribution in [1.29, 1.82) is 0 Å². The Balaban J connectivity index is 1.80. The summed E-state index contributed by atoms with van der Waals surface area (Å²) in [5, 5.41) is 3.53. The second-order valence-electron chi connectivity index (χ2n) is 5.68. The molecule has 1 aliphatic carbocycles. The van der Waals surface area contributed by atoms with Crippen LogP contribution >= 0.6 is 43.2 Å². The second-order valence-corrected chi connectivity index (χ2v) is 9.43. The van der Waals surface area contributed by atoms with Gasteiger partial charge in [0.15, 0.2) is 0 Å². The van der Waals surface area contributed by atoms with Gasteiger partial charge in [0.2, 0.25) is 0 Å². The molecule has 1 saturated heterocycles. The molecule has 2 aliphatic rings. The molecule has 1 N–H and O–H groups in total. The minimum atomic E-state index is 0.220. The quantitative estimate of drug-likeness (QED) is 0.769. The monoisotopic (exact) mass is 407 g/mol. The predicted molar refractivity (Wildman–Crippen MR) is 86.8 cm³/mol. The lowest BCUT2D eigenvalue weighted by Crippen LogP contribution is -2.47. The summed E-state index contributed by atoms with van der Waals surface area (Å²) < 4.78 is 8.49. The van der Waals surface area contributed by atoms with Crippen molar-refractivity contribution in [1.82, 2.24) is 5.32 Å². The molecule has 1 spiro atoms. The average molecular weight is 409 g/mol. The largest absolute Gasteiger partial charge is 0.375 e. The van der Waals surface area contributed by atoms with Gasteiger partial charge < -0.3 is 10.1 Å². The van der Waals surface area contributed by atoms with Gasteiger partial charge in [-0.1, -0.05) is 0 Å². The molecule has 0 bridgehead atoms. The Labute approximate surface area is 135 Å². The molecule has 0 aromatic carbocycles. The topological polar surface area (TPSA) is 21.3 Å². The molecule has 1 aliphatic heterocycles. The van der Waals surface area contributed by atoms with Gasteiger partial charge in [0.1, 0.15) is 0 Å². The molecule has 106 valence electrons. The fourth-order valence-electron chi connectivity index (χ4n) is 3.48. The molecule has 1 saturated carbocycles. The van der Waals surface area contributed by atoms with Crippen LogP contribution in [-0.2, 0) is 4.74 Å². The first-order valence-electron chi connectivity index (χ1n) is 6.89. The van der Waals surface area contributed by atoms with Crippen LogP contribution in [0.25, 0.3) is 0 Å². The molecule has 5 heteroatoms. The highest BCUT2D eigenvalue weighted by Crippen LogP contribution is 2.48. The molecule has 2 atom stereocenters. The number of hydrogen-bond acceptors (Lipinski definition) is 3. The minimum absolute atomic E-state index is 0.220. The van der Waals surface area contributed by atoms with E-state index in [9.17, 15) is 0 Å². The molecular formula is C14H19Br2NOS. The SMILES string of the molecule is CNC(c1cc(Br)sc1Br)C1CCOC2(CCC2)C1. The number of ether oxygens (including phenoxy) is 1. The summed E-state index contributed by atoms with van der Waals surface area (Å²) in [7, 11) is 2.07. The molecule has 2 nitrogen and oxygen atoms in total. The van der Waals surface area contributed by atoms with Crippen LogP contribution in [0.15, 0.2) is 13.6 Å². The van der Waals surface area contributed by atoms with E-state index in [-0.39, 0.29) is 5.60 Å². The van der Waals surface area contributed by atoms with Gasteiger partial charge in [-0.3, -0.25) is 0 Å². The van der Waals surface area contributed by atoms with Crippen LogP contribution in [0.5, 0.6) is 0 Å². The van der Waals surface area contributed by atoms with Crippen LogP contribution in [0.4, 0.5) is 0 Å². The van der Waals surface area contributed by atoms with E-state index in [1.807, 2.05) is 0 Å². The number of rotatable bonds is 3. The van der Waals surface area contributed by atoms with Crippen molar-refractivity contribution in [3.63, 3.8) is 0 Å². The van der Waals surface area contributed by atoms with E-state index in [4.69, 9.17) is 4.74 Å². The van der Waals surface area contributed by atoms with E-state index in [1.165, 1.54) is 38.8 Å². The van der Waals surface area contributed by atoms with Gasteiger partial charge in [-0.25, -0.2) is 0 Å². The zero-order chi connectivity index (χ0) is 13.5. The highest BCUT2D eigenvalue weighted by molar-refractivity contribution is 9.12. The number of hydrogen-bond donors (Lipinski definition) is 1. The van der Waals surface area contributed by atoms with Gasteiger partial charge in [-0.15, -0.1) is 11.3 Å². The van der Waals surface area contributed by atoms with E-state index in [0.717, 1.165) is 13.0 Å². The van der Waals surface area contributed by atoms with Crippen LogP contribution in [0.3, 0.4) is 0 Å². The molecular weight excluding hydrogens is 390 g/mol. The number of halogens is 2. The highest BCUT2D eigenvalue weighted by Gasteiger charge is 2.44. The zero-order valence-electron chi connectivity index (χ0n) is 11.0. The van der Waals surface area contributed by atoms with Gasteiger partial charge in [-0.05, 0) is 88.6 Å². The summed E-state index contributed by atoms with van der Waals surface area (Å²) in [6, 6.07) is 2.68. The van der Waals surface area contributed by atoms with E-state index in [0.29, 0.717) is 12.0 Å². The van der Waals surface area contributed by atoms with Crippen molar-refractivity contribution in [3.05, 3.63) is 19.2 Å². The summed E-state index contributed by atoms with van der Waals surface area (Å²) in [5.74, 6) is 0.678. The normalized spacial score (nSPS) is 27.2. The molecule has 1 aromatic heterocycles. The maximum atomic E-state index is 6.05. The Morgan fingerprint density at radius 2 is 2.26 bits per heavy atom. The summed E-state index contributed by atoms with van der Waals surface area (Å²) in [4.78, 5) is 0. The Hall–Kier alpha value is 0.580. The second kappa shape index (κ2) is 5.76. The smallest absolute Gasteiger partial charge is 0.0758 e. The zero-order valence-corrected chi connectivity index (χ0v) is 15.0. The van der Waals surface area contributed by atoms with E-state index < -0.39 is 0 Å². The van der Waals surface area contributed by atoms with Gasteiger partial charge in [0.05, 0.1) is 13.2 Å². The van der Waals surface area contributed by atoms with Crippen molar-refractivity contribution in [2.75, 3.05) is 13.7 Å². The molecule has 2 unspecified atom stereocenters. The summed E-state index contributed by atoms with van der Waals surface area (Å²) in [6.07, 6.45) is 6.22. The third kappa shape index (κ3) is 2.82. The molecule has 0 amide bonds. The number of nitrogens with one attached hydrogen (secondary N) is 1. The van der Waals surface area contributed by atoms with Crippen LogP contribution in [0.1, 0.15) is 43.7 Å². The van der Waals surface area contributed by atoms with Gasteiger partial charge >= 0.3 is 0 Å². The first-order valence-corrected chi connectivity index (χ1v) is 9.30. The lowest BCUT2D eigenvalue weighted by molar-refractivity contribution is -0.147. The van der Waals surface area contributed by atoms with E-state index in [2.05, 4.69) is 50.3 Å². The van der Waals surface area contributed by atoms with Crippen molar-refractivity contribution >= 4 is 43.2 Å². The van der Waals surface area contributed by atoms with Crippen molar-refractivity contribution in [2.24, 2.45) is 5.92 Å². The first kappa shape index (κ1) is 14.5. The highest BCUT2D eigenvalue weighted by atomic mass is 79.9. The fraction of sp³-hybridized carbons (Fsp3) is 0.714. The van der Waals surface area contributed by atoms with E-state index in [1.54, 1.807) is 11.3 Å². The third-order valence-electron chi connectivity index (χ3n) is 4.60. The van der Waals surface area contributed by atoms with Crippen LogP contribution < -0.4 is 5.32 Å². The Bertz CT molecular complexity index is 458. The van der Waals surface area contributed by atoms with Gasteiger partial charge in [0, 0.05) is 12.6 Å². The lowest BCUT2D eigenvalue weighted by atomic mass is 9.70. The maximum absolute atomic E-state index is 6.05. The summed E-state index contributed by atoms with van der Waals surface area (Å²) in [5.41, 5.74) is 1.61. The molecule has 2 fully saturated rings. The molecule has 3 rings (SSSR count). The Morgan fingerprint density at radius 3 is 2.79 bits per heavy atom. The number of thiophene rings is 1. The van der Waals surface area contributed by atoms with E-state index >= 15 is 0 Å². The van der Waals surface area contributed by atoms with Crippen LogP contribution in [0, 0.1) is 5.92 Å². The minimum Gasteiger partial charge on any atom is -0.375 e.